The summed E-state index contributed by atoms with van der Waals surface area (Å²) >= 11 is 3.03. The number of rotatable bonds is 4. The largest absolute Gasteiger partial charge is 0.375 e. The Labute approximate surface area is 123 Å². The lowest BCUT2D eigenvalue weighted by molar-refractivity contribution is -0.384. The van der Waals surface area contributed by atoms with Crippen molar-refractivity contribution < 1.29 is 9.31 Å². The summed E-state index contributed by atoms with van der Waals surface area (Å²) in [5, 5.41) is 13.9. The van der Waals surface area contributed by atoms with Gasteiger partial charge in [-0.25, -0.2) is 4.39 Å². The summed E-state index contributed by atoms with van der Waals surface area (Å²) in [7, 11) is 0. The first-order chi connectivity index (χ1) is 9.47. The summed E-state index contributed by atoms with van der Waals surface area (Å²) < 4.78 is 13.5. The number of hydrogen-bond acceptors (Lipinski definition) is 3. The van der Waals surface area contributed by atoms with Gasteiger partial charge in [0.15, 0.2) is 0 Å². The molecule has 2 aromatic carbocycles. The van der Waals surface area contributed by atoms with Crippen molar-refractivity contribution in [1.82, 2.24) is 0 Å². The molecule has 0 aliphatic rings. The second-order valence-corrected chi connectivity index (χ2v) is 5.23. The molecule has 0 aliphatic carbocycles. The smallest absolute Gasteiger partial charge is 0.295 e. The van der Waals surface area contributed by atoms with Crippen LogP contribution >= 0.6 is 15.9 Å². The van der Waals surface area contributed by atoms with Gasteiger partial charge in [-0.15, -0.1) is 0 Å². The summed E-state index contributed by atoms with van der Waals surface area (Å²) in [6.07, 6.45) is 0. The standard InChI is InChI=1S/C14H12BrFN2O2/c1-9-2-4-10(5-3-9)8-17-13-6-11(15)12(16)7-14(13)18(19)20/h2-7,17H,8H2,1H3. The molecule has 0 spiro atoms. The molecule has 0 unspecified atom stereocenters. The molecule has 0 radical (unpaired) electrons. The highest BCUT2D eigenvalue weighted by atomic mass is 79.9. The Balaban J connectivity index is 2.22. The summed E-state index contributed by atoms with van der Waals surface area (Å²) in [4.78, 5) is 10.3. The third-order valence-corrected chi connectivity index (χ3v) is 3.45. The number of halogens is 2. The van der Waals surface area contributed by atoms with Crippen LogP contribution in [0.3, 0.4) is 0 Å². The molecular formula is C14H12BrFN2O2. The fraction of sp³-hybridized carbons (Fsp3) is 0.143. The maximum atomic E-state index is 13.3. The van der Waals surface area contributed by atoms with Crippen molar-refractivity contribution in [2.75, 3.05) is 5.32 Å². The molecule has 6 heteroatoms. The number of nitrogens with zero attached hydrogens (tertiary/aromatic N) is 1. The molecule has 4 nitrogen and oxygen atoms in total. The molecule has 0 bridgehead atoms. The van der Waals surface area contributed by atoms with E-state index in [1.165, 1.54) is 6.07 Å². The van der Waals surface area contributed by atoms with Gasteiger partial charge < -0.3 is 5.32 Å². The van der Waals surface area contributed by atoms with E-state index < -0.39 is 10.7 Å². The van der Waals surface area contributed by atoms with Crippen LogP contribution in [0, 0.1) is 22.9 Å². The van der Waals surface area contributed by atoms with Crippen molar-refractivity contribution in [3.8, 4) is 0 Å². The number of anilines is 1. The summed E-state index contributed by atoms with van der Waals surface area (Å²) in [5.41, 5.74) is 2.14. The Bertz CT molecular complexity index is 644. The van der Waals surface area contributed by atoms with E-state index >= 15 is 0 Å². The van der Waals surface area contributed by atoms with E-state index in [-0.39, 0.29) is 15.8 Å². The van der Waals surface area contributed by atoms with Gasteiger partial charge in [-0.1, -0.05) is 29.8 Å². The molecule has 0 saturated carbocycles. The summed E-state index contributed by atoms with van der Waals surface area (Å²) in [6.45, 7) is 2.42. The lowest BCUT2D eigenvalue weighted by Crippen LogP contribution is -2.03. The summed E-state index contributed by atoms with van der Waals surface area (Å²) in [5.74, 6) is -0.655. The first-order valence-electron chi connectivity index (χ1n) is 5.90. The van der Waals surface area contributed by atoms with Crippen LogP contribution in [0.4, 0.5) is 15.8 Å². The van der Waals surface area contributed by atoms with Crippen LogP contribution in [0.25, 0.3) is 0 Å². The van der Waals surface area contributed by atoms with E-state index in [1.807, 2.05) is 31.2 Å². The lowest BCUT2D eigenvalue weighted by atomic mass is 10.1. The molecule has 0 saturated heterocycles. The second-order valence-electron chi connectivity index (χ2n) is 4.38. The van der Waals surface area contributed by atoms with Crippen LogP contribution in [-0.4, -0.2) is 4.92 Å². The number of nitro groups is 1. The van der Waals surface area contributed by atoms with Crippen LogP contribution in [-0.2, 0) is 6.54 Å². The van der Waals surface area contributed by atoms with Crippen molar-refractivity contribution in [1.29, 1.82) is 0 Å². The molecule has 0 aromatic heterocycles. The minimum atomic E-state index is -0.655. The fourth-order valence-corrected chi connectivity index (χ4v) is 2.08. The number of nitro benzene ring substituents is 1. The normalized spacial score (nSPS) is 10.3. The Morgan fingerprint density at radius 1 is 1.30 bits per heavy atom. The number of hydrogen-bond donors (Lipinski definition) is 1. The number of benzene rings is 2. The minimum absolute atomic E-state index is 0.189. The van der Waals surface area contributed by atoms with E-state index in [4.69, 9.17) is 0 Å². The first-order valence-corrected chi connectivity index (χ1v) is 6.69. The molecule has 0 atom stereocenters. The van der Waals surface area contributed by atoms with Crippen LogP contribution in [0.2, 0.25) is 0 Å². The quantitative estimate of drug-likeness (QED) is 0.663. The zero-order valence-electron chi connectivity index (χ0n) is 10.7. The van der Waals surface area contributed by atoms with Crippen LogP contribution in [0.15, 0.2) is 40.9 Å². The topological polar surface area (TPSA) is 55.2 Å². The highest BCUT2D eigenvalue weighted by Crippen LogP contribution is 2.30. The lowest BCUT2D eigenvalue weighted by Gasteiger charge is -2.08. The third-order valence-electron chi connectivity index (χ3n) is 2.84. The van der Waals surface area contributed by atoms with Crippen molar-refractivity contribution in [3.63, 3.8) is 0 Å². The average Bonchev–Trinajstić information content (AvgIpc) is 2.41. The van der Waals surface area contributed by atoms with Gasteiger partial charge in [0, 0.05) is 6.54 Å². The van der Waals surface area contributed by atoms with Gasteiger partial charge in [0.25, 0.3) is 5.69 Å². The minimum Gasteiger partial charge on any atom is -0.375 e. The van der Waals surface area contributed by atoms with Crippen LogP contribution in [0.1, 0.15) is 11.1 Å². The average molecular weight is 339 g/mol. The Morgan fingerprint density at radius 3 is 2.55 bits per heavy atom. The molecule has 0 fully saturated rings. The molecule has 2 rings (SSSR count). The number of aryl methyl sites for hydroxylation is 1. The van der Waals surface area contributed by atoms with E-state index in [0.717, 1.165) is 17.2 Å². The van der Waals surface area contributed by atoms with Gasteiger partial charge in [0.1, 0.15) is 11.5 Å². The first kappa shape index (κ1) is 14.5. The molecule has 0 heterocycles. The molecule has 0 amide bonds. The second kappa shape index (κ2) is 6.00. The highest BCUT2D eigenvalue weighted by Gasteiger charge is 2.17. The van der Waals surface area contributed by atoms with Crippen molar-refractivity contribution >= 4 is 27.3 Å². The Kier molecular flexibility index (Phi) is 4.34. The van der Waals surface area contributed by atoms with Gasteiger partial charge in [0.05, 0.1) is 15.5 Å². The maximum absolute atomic E-state index is 13.3. The van der Waals surface area contributed by atoms with Crippen molar-refractivity contribution in [2.24, 2.45) is 0 Å². The zero-order chi connectivity index (χ0) is 14.7. The van der Waals surface area contributed by atoms with Crippen molar-refractivity contribution in [3.05, 3.63) is 67.9 Å². The van der Waals surface area contributed by atoms with E-state index in [1.54, 1.807) is 0 Å². The molecule has 2 aromatic rings. The van der Waals surface area contributed by atoms with Gasteiger partial charge in [-0.3, -0.25) is 10.1 Å². The number of nitrogens with one attached hydrogen (secondary N) is 1. The third kappa shape index (κ3) is 3.33. The molecule has 104 valence electrons. The highest BCUT2D eigenvalue weighted by molar-refractivity contribution is 9.10. The molecule has 0 aliphatic heterocycles. The SMILES string of the molecule is Cc1ccc(CNc2cc(Br)c(F)cc2[N+](=O)[O-])cc1. The van der Waals surface area contributed by atoms with Gasteiger partial charge in [0.2, 0.25) is 0 Å². The Morgan fingerprint density at radius 2 is 1.95 bits per heavy atom. The molecule has 1 N–H and O–H groups in total. The summed E-state index contributed by atoms with van der Waals surface area (Å²) in [6, 6.07) is 10.1. The van der Waals surface area contributed by atoms with Crippen LogP contribution in [0.5, 0.6) is 0 Å². The van der Waals surface area contributed by atoms with Crippen LogP contribution < -0.4 is 5.32 Å². The van der Waals surface area contributed by atoms with E-state index in [9.17, 15) is 14.5 Å². The Hall–Kier alpha value is -1.95. The van der Waals surface area contributed by atoms with E-state index in [2.05, 4.69) is 21.2 Å². The van der Waals surface area contributed by atoms with Crippen molar-refractivity contribution in [2.45, 2.75) is 13.5 Å². The predicted molar refractivity (Wildman–Crippen MR) is 79.3 cm³/mol. The zero-order valence-corrected chi connectivity index (χ0v) is 12.3. The fourth-order valence-electron chi connectivity index (χ4n) is 1.73. The predicted octanol–water partition coefficient (Wildman–Crippen LogP) is 4.42. The molecule has 20 heavy (non-hydrogen) atoms. The van der Waals surface area contributed by atoms with Gasteiger partial charge in [-0.2, -0.15) is 0 Å². The van der Waals surface area contributed by atoms with Gasteiger partial charge >= 0.3 is 0 Å². The van der Waals surface area contributed by atoms with Gasteiger partial charge in [-0.05, 0) is 34.5 Å². The monoisotopic (exact) mass is 338 g/mol. The maximum Gasteiger partial charge on any atom is 0.295 e. The molecular weight excluding hydrogens is 327 g/mol. The van der Waals surface area contributed by atoms with E-state index in [0.29, 0.717) is 6.54 Å².